The summed E-state index contributed by atoms with van der Waals surface area (Å²) in [7, 11) is 0. The molecule has 2 N–H and O–H groups in total. The monoisotopic (exact) mass is 273 g/mol. The minimum absolute atomic E-state index is 0.224. The summed E-state index contributed by atoms with van der Waals surface area (Å²) in [5, 5.41) is 6.68. The third-order valence-corrected chi connectivity index (χ3v) is 4.42. The van der Waals surface area contributed by atoms with Gasteiger partial charge in [-0.05, 0) is 18.9 Å². The second kappa shape index (κ2) is 5.54. The van der Waals surface area contributed by atoms with E-state index in [1.54, 1.807) is 0 Å². The van der Waals surface area contributed by atoms with Gasteiger partial charge >= 0.3 is 0 Å². The van der Waals surface area contributed by atoms with Crippen LogP contribution in [0.5, 0.6) is 0 Å². The first-order valence-electron chi connectivity index (χ1n) is 7.47. The van der Waals surface area contributed by atoms with Crippen LogP contribution in [-0.4, -0.2) is 49.6 Å². The molecule has 1 aromatic carbocycles. The van der Waals surface area contributed by atoms with Crippen molar-refractivity contribution in [1.82, 2.24) is 15.5 Å². The number of carbonyl (C=O) groups excluding carboxylic acids is 1. The summed E-state index contributed by atoms with van der Waals surface area (Å²) < 4.78 is 0. The first-order chi connectivity index (χ1) is 9.70. The highest BCUT2D eigenvalue weighted by atomic mass is 16.2. The molecule has 4 heteroatoms. The van der Waals surface area contributed by atoms with Crippen LogP contribution >= 0.6 is 0 Å². The number of nitrogens with one attached hydrogen (secondary N) is 2. The molecule has 0 bridgehead atoms. The predicted molar refractivity (Wildman–Crippen MR) is 79.5 cm³/mol. The van der Waals surface area contributed by atoms with Crippen molar-refractivity contribution in [3.8, 4) is 0 Å². The van der Waals surface area contributed by atoms with Crippen LogP contribution in [0.3, 0.4) is 0 Å². The number of hydrogen-bond acceptors (Lipinski definition) is 3. The Bertz CT molecular complexity index is 470. The van der Waals surface area contributed by atoms with E-state index in [0.717, 1.165) is 39.1 Å². The van der Waals surface area contributed by atoms with Crippen LogP contribution in [0.4, 0.5) is 0 Å². The summed E-state index contributed by atoms with van der Waals surface area (Å²) in [5.41, 5.74) is 1.03. The summed E-state index contributed by atoms with van der Waals surface area (Å²) in [6.45, 7) is 6.32. The zero-order valence-corrected chi connectivity index (χ0v) is 12.1. The van der Waals surface area contributed by atoms with Crippen molar-refractivity contribution in [2.45, 2.75) is 19.4 Å². The normalized spacial score (nSPS) is 25.1. The summed E-state index contributed by atoms with van der Waals surface area (Å²) >= 11 is 0. The van der Waals surface area contributed by atoms with Crippen molar-refractivity contribution in [3.63, 3.8) is 0 Å². The minimum Gasteiger partial charge on any atom is -0.339 e. The van der Waals surface area contributed by atoms with E-state index in [-0.39, 0.29) is 5.41 Å². The van der Waals surface area contributed by atoms with E-state index in [1.165, 1.54) is 5.56 Å². The number of amides is 1. The zero-order chi connectivity index (χ0) is 14.0. The van der Waals surface area contributed by atoms with Gasteiger partial charge in [-0.1, -0.05) is 30.3 Å². The second-order valence-corrected chi connectivity index (χ2v) is 6.15. The van der Waals surface area contributed by atoms with E-state index >= 15 is 0 Å². The molecule has 0 radical (unpaired) electrons. The molecule has 0 aromatic heterocycles. The van der Waals surface area contributed by atoms with E-state index < -0.39 is 0 Å². The van der Waals surface area contributed by atoms with Gasteiger partial charge in [0.15, 0.2) is 0 Å². The van der Waals surface area contributed by atoms with E-state index in [0.29, 0.717) is 11.9 Å². The van der Waals surface area contributed by atoms with Crippen molar-refractivity contribution >= 4 is 5.91 Å². The molecule has 1 aromatic rings. The molecule has 0 saturated carbocycles. The van der Waals surface area contributed by atoms with Crippen molar-refractivity contribution in [3.05, 3.63) is 35.9 Å². The summed E-state index contributed by atoms with van der Waals surface area (Å²) in [6.07, 6.45) is 0.845. The SMILES string of the molecule is C[C@@H]1CN(C(=O)C2(Cc3ccccc3)CNC2)CCN1. The van der Waals surface area contributed by atoms with Gasteiger partial charge in [0, 0.05) is 38.8 Å². The Kier molecular flexibility index (Phi) is 3.76. The molecule has 2 aliphatic rings. The van der Waals surface area contributed by atoms with Crippen LogP contribution in [0.2, 0.25) is 0 Å². The summed E-state index contributed by atoms with van der Waals surface area (Å²) in [4.78, 5) is 15.0. The largest absolute Gasteiger partial charge is 0.339 e. The van der Waals surface area contributed by atoms with Gasteiger partial charge in [-0.25, -0.2) is 0 Å². The van der Waals surface area contributed by atoms with E-state index in [2.05, 4.69) is 29.7 Å². The smallest absolute Gasteiger partial charge is 0.231 e. The van der Waals surface area contributed by atoms with Gasteiger partial charge in [0.05, 0.1) is 5.41 Å². The Balaban J connectivity index is 1.73. The van der Waals surface area contributed by atoms with Crippen molar-refractivity contribution in [2.24, 2.45) is 5.41 Å². The molecule has 1 amide bonds. The third-order valence-electron chi connectivity index (χ3n) is 4.42. The molecule has 2 saturated heterocycles. The van der Waals surface area contributed by atoms with Gasteiger partial charge in [0.25, 0.3) is 0 Å². The Labute approximate surface area is 120 Å². The van der Waals surface area contributed by atoms with Gasteiger partial charge < -0.3 is 15.5 Å². The molecule has 1 atom stereocenters. The fraction of sp³-hybridized carbons (Fsp3) is 0.562. The first-order valence-corrected chi connectivity index (χ1v) is 7.47. The molecule has 108 valence electrons. The maximum absolute atomic E-state index is 12.9. The molecule has 4 nitrogen and oxygen atoms in total. The van der Waals surface area contributed by atoms with Crippen LogP contribution in [0, 0.1) is 5.41 Å². The standard InChI is InChI=1S/C16H23N3O/c1-13-10-19(8-7-18-13)15(20)16(11-17-12-16)9-14-5-3-2-4-6-14/h2-6,13,17-18H,7-12H2,1H3/t13-/m1/s1. The number of carbonyl (C=O) groups is 1. The van der Waals surface area contributed by atoms with Crippen LogP contribution in [-0.2, 0) is 11.2 Å². The van der Waals surface area contributed by atoms with E-state index in [1.807, 2.05) is 23.1 Å². The van der Waals surface area contributed by atoms with Crippen LogP contribution in [0.15, 0.2) is 30.3 Å². The summed E-state index contributed by atoms with van der Waals surface area (Å²) in [6, 6.07) is 10.8. The summed E-state index contributed by atoms with van der Waals surface area (Å²) in [5.74, 6) is 0.327. The number of nitrogens with zero attached hydrogens (tertiary/aromatic N) is 1. The van der Waals surface area contributed by atoms with E-state index in [4.69, 9.17) is 0 Å². The first kappa shape index (κ1) is 13.6. The quantitative estimate of drug-likeness (QED) is 0.849. The molecular formula is C16H23N3O. The molecule has 2 aliphatic heterocycles. The Morgan fingerprint density at radius 1 is 1.35 bits per heavy atom. The van der Waals surface area contributed by atoms with Crippen LogP contribution in [0.25, 0.3) is 0 Å². The maximum atomic E-state index is 12.9. The molecule has 2 heterocycles. The second-order valence-electron chi connectivity index (χ2n) is 6.15. The molecule has 20 heavy (non-hydrogen) atoms. The average molecular weight is 273 g/mol. The molecule has 2 fully saturated rings. The Hall–Kier alpha value is -1.39. The highest BCUT2D eigenvalue weighted by Crippen LogP contribution is 2.30. The number of hydrogen-bond donors (Lipinski definition) is 2. The van der Waals surface area contributed by atoms with Gasteiger partial charge in [-0.2, -0.15) is 0 Å². The number of benzene rings is 1. The Morgan fingerprint density at radius 2 is 2.10 bits per heavy atom. The van der Waals surface area contributed by atoms with Gasteiger partial charge in [0.2, 0.25) is 5.91 Å². The van der Waals surface area contributed by atoms with Crippen molar-refractivity contribution in [2.75, 3.05) is 32.7 Å². The lowest BCUT2D eigenvalue weighted by Crippen LogP contribution is -2.65. The van der Waals surface area contributed by atoms with Crippen LogP contribution in [0.1, 0.15) is 12.5 Å². The fourth-order valence-corrected chi connectivity index (χ4v) is 3.22. The number of piperazine rings is 1. The van der Waals surface area contributed by atoms with Gasteiger partial charge in [-0.15, -0.1) is 0 Å². The molecule has 3 rings (SSSR count). The Morgan fingerprint density at radius 3 is 2.70 bits per heavy atom. The highest BCUT2D eigenvalue weighted by molar-refractivity contribution is 5.85. The maximum Gasteiger partial charge on any atom is 0.231 e. The minimum atomic E-state index is -0.224. The third kappa shape index (κ3) is 2.58. The topological polar surface area (TPSA) is 44.4 Å². The van der Waals surface area contributed by atoms with Gasteiger partial charge in [0.1, 0.15) is 0 Å². The van der Waals surface area contributed by atoms with Crippen LogP contribution < -0.4 is 10.6 Å². The lowest BCUT2D eigenvalue weighted by Gasteiger charge is -2.46. The zero-order valence-electron chi connectivity index (χ0n) is 12.1. The lowest BCUT2D eigenvalue weighted by atomic mass is 9.75. The molecular weight excluding hydrogens is 250 g/mol. The number of rotatable bonds is 3. The molecule has 0 spiro atoms. The van der Waals surface area contributed by atoms with E-state index in [9.17, 15) is 4.79 Å². The molecule has 0 aliphatic carbocycles. The van der Waals surface area contributed by atoms with Gasteiger partial charge in [-0.3, -0.25) is 4.79 Å². The highest BCUT2D eigenvalue weighted by Gasteiger charge is 2.46. The average Bonchev–Trinajstić information content (AvgIpc) is 2.43. The van der Waals surface area contributed by atoms with Crippen molar-refractivity contribution < 1.29 is 4.79 Å². The molecule has 0 unspecified atom stereocenters. The van der Waals surface area contributed by atoms with Crippen molar-refractivity contribution in [1.29, 1.82) is 0 Å². The fourth-order valence-electron chi connectivity index (χ4n) is 3.22. The predicted octanol–water partition coefficient (Wildman–Crippen LogP) is 0.639. The lowest BCUT2D eigenvalue weighted by molar-refractivity contribution is -0.146.